The van der Waals surface area contributed by atoms with Gasteiger partial charge in [0.05, 0.1) is 5.56 Å². The molecule has 0 N–H and O–H groups in total. The number of hydrogen-bond donors (Lipinski definition) is 0. The summed E-state index contributed by atoms with van der Waals surface area (Å²) in [5, 5.41) is 6.00. The molecule has 0 radical (unpaired) electrons. The Hall–Kier alpha value is -2.69. The van der Waals surface area contributed by atoms with Crippen molar-refractivity contribution in [2.24, 2.45) is 0 Å². The Balaban J connectivity index is 1.92. The van der Waals surface area contributed by atoms with Crippen LogP contribution < -0.4 is 4.74 Å². The van der Waals surface area contributed by atoms with E-state index in [0.29, 0.717) is 11.3 Å². The highest BCUT2D eigenvalue weighted by Gasteiger charge is 2.10. The average molecular weight is 281 g/mol. The topological polar surface area (TPSA) is 57.0 Å². The largest absolute Gasteiger partial charge is 0.485 e. The van der Waals surface area contributed by atoms with E-state index in [0.717, 1.165) is 29.4 Å². The van der Waals surface area contributed by atoms with E-state index in [1.54, 1.807) is 4.68 Å². The van der Waals surface area contributed by atoms with Crippen molar-refractivity contribution < 1.29 is 9.53 Å². The summed E-state index contributed by atoms with van der Waals surface area (Å²) >= 11 is 0. The summed E-state index contributed by atoms with van der Waals surface area (Å²) in [6.07, 6.45) is 2.34. The summed E-state index contributed by atoms with van der Waals surface area (Å²) in [4.78, 5) is 15.6. The highest BCUT2D eigenvalue weighted by molar-refractivity contribution is 6.00. The number of carbonyl (C=O) groups excluding carboxylic acids is 1. The van der Waals surface area contributed by atoms with Crippen LogP contribution in [0.4, 0.5) is 0 Å². The zero-order chi connectivity index (χ0) is 14.7. The van der Waals surface area contributed by atoms with E-state index in [4.69, 9.17) is 4.74 Å². The molecule has 0 saturated heterocycles. The number of hydrogen-bond acceptors (Lipinski definition) is 4. The molecule has 1 heterocycles. The smallest absolute Gasteiger partial charge is 0.164 e. The van der Waals surface area contributed by atoms with Crippen LogP contribution in [0, 0.1) is 0 Å². The number of carbonyl (C=O) groups is 1. The minimum Gasteiger partial charge on any atom is -0.485 e. The van der Waals surface area contributed by atoms with Gasteiger partial charge in [-0.1, -0.05) is 30.3 Å². The number of nitrogens with zero attached hydrogens (tertiary/aromatic N) is 3. The molecule has 0 fully saturated rings. The molecule has 5 nitrogen and oxygen atoms in total. The highest BCUT2D eigenvalue weighted by Crippen LogP contribution is 2.27. The number of ether oxygens (including phenoxy) is 1. The second kappa shape index (κ2) is 5.75. The average Bonchev–Trinajstić information content (AvgIpc) is 2.99. The van der Waals surface area contributed by atoms with Gasteiger partial charge in [0.2, 0.25) is 0 Å². The van der Waals surface area contributed by atoms with Gasteiger partial charge in [-0.2, -0.15) is 5.10 Å². The molecule has 0 amide bonds. The van der Waals surface area contributed by atoms with Crippen LogP contribution in [0.1, 0.15) is 23.1 Å². The standard InChI is InChI=1S/C16H15N3O2/c1-2-19-16(17-11-18-19)10-21-15-8-7-12-5-3-4-6-13(12)14(15)9-20/h3-9,11H,2,10H2,1H3. The van der Waals surface area contributed by atoms with E-state index in [-0.39, 0.29) is 6.61 Å². The quantitative estimate of drug-likeness (QED) is 0.675. The van der Waals surface area contributed by atoms with Gasteiger partial charge in [-0.25, -0.2) is 9.67 Å². The summed E-state index contributed by atoms with van der Waals surface area (Å²) in [5.74, 6) is 1.30. The molecule has 0 spiro atoms. The molecule has 0 bridgehead atoms. The maximum absolute atomic E-state index is 11.4. The summed E-state index contributed by atoms with van der Waals surface area (Å²) < 4.78 is 7.53. The molecule has 0 atom stereocenters. The molecule has 0 aliphatic carbocycles. The van der Waals surface area contributed by atoms with E-state index < -0.39 is 0 Å². The lowest BCUT2D eigenvalue weighted by atomic mass is 10.0. The fourth-order valence-corrected chi connectivity index (χ4v) is 2.33. The van der Waals surface area contributed by atoms with Crippen molar-refractivity contribution in [3.8, 4) is 5.75 Å². The molecule has 106 valence electrons. The third kappa shape index (κ3) is 2.50. The highest BCUT2D eigenvalue weighted by atomic mass is 16.5. The summed E-state index contributed by atoms with van der Waals surface area (Å²) in [6.45, 7) is 3.01. The zero-order valence-corrected chi connectivity index (χ0v) is 11.7. The second-order valence-corrected chi connectivity index (χ2v) is 4.60. The Morgan fingerprint density at radius 2 is 2.10 bits per heavy atom. The van der Waals surface area contributed by atoms with Gasteiger partial charge in [-0.05, 0) is 23.8 Å². The number of aromatic nitrogens is 3. The third-order valence-electron chi connectivity index (χ3n) is 3.40. The zero-order valence-electron chi connectivity index (χ0n) is 11.7. The van der Waals surface area contributed by atoms with Crippen molar-refractivity contribution in [2.75, 3.05) is 0 Å². The first kappa shape index (κ1) is 13.3. The first-order valence-electron chi connectivity index (χ1n) is 6.80. The fourth-order valence-electron chi connectivity index (χ4n) is 2.33. The van der Waals surface area contributed by atoms with Gasteiger partial charge in [-0.3, -0.25) is 4.79 Å². The number of benzene rings is 2. The van der Waals surface area contributed by atoms with Crippen LogP contribution in [-0.2, 0) is 13.2 Å². The van der Waals surface area contributed by atoms with Crippen molar-refractivity contribution in [1.82, 2.24) is 14.8 Å². The van der Waals surface area contributed by atoms with Gasteiger partial charge in [0.25, 0.3) is 0 Å². The first-order chi connectivity index (χ1) is 10.3. The summed E-state index contributed by atoms with van der Waals surface area (Å²) in [5.41, 5.74) is 0.565. The lowest BCUT2D eigenvalue weighted by Gasteiger charge is -2.10. The molecule has 0 aliphatic heterocycles. The van der Waals surface area contributed by atoms with Gasteiger partial charge in [0, 0.05) is 6.54 Å². The van der Waals surface area contributed by atoms with Gasteiger partial charge >= 0.3 is 0 Å². The Kier molecular flexibility index (Phi) is 3.64. The van der Waals surface area contributed by atoms with Crippen LogP contribution >= 0.6 is 0 Å². The SMILES string of the molecule is CCn1ncnc1COc1ccc2ccccc2c1C=O. The van der Waals surface area contributed by atoms with Crippen molar-refractivity contribution in [1.29, 1.82) is 0 Å². The summed E-state index contributed by atoms with van der Waals surface area (Å²) in [6, 6.07) is 11.5. The Morgan fingerprint density at radius 3 is 2.90 bits per heavy atom. The number of fused-ring (bicyclic) bond motifs is 1. The monoisotopic (exact) mass is 281 g/mol. The van der Waals surface area contributed by atoms with Gasteiger partial charge in [0.15, 0.2) is 12.1 Å². The fraction of sp³-hybridized carbons (Fsp3) is 0.188. The molecular formula is C16H15N3O2. The molecule has 2 aromatic carbocycles. The van der Waals surface area contributed by atoms with Crippen LogP contribution in [0.3, 0.4) is 0 Å². The predicted octanol–water partition coefficient (Wildman–Crippen LogP) is 2.84. The molecule has 1 aromatic heterocycles. The van der Waals surface area contributed by atoms with Crippen LogP contribution in [-0.4, -0.2) is 21.1 Å². The lowest BCUT2D eigenvalue weighted by Crippen LogP contribution is -2.08. The number of rotatable bonds is 5. The normalized spacial score (nSPS) is 10.7. The van der Waals surface area contributed by atoms with Gasteiger partial charge in [-0.15, -0.1) is 0 Å². The van der Waals surface area contributed by atoms with Crippen molar-refractivity contribution >= 4 is 17.1 Å². The van der Waals surface area contributed by atoms with Crippen LogP contribution in [0.15, 0.2) is 42.7 Å². The molecule has 21 heavy (non-hydrogen) atoms. The Morgan fingerprint density at radius 1 is 1.24 bits per heavy atom. The van der Waals surface area contributed by atoms with Crippen LogP contribution in [0.5, 0.6) is 5.75 Å². The number of aldehydes is 1. The van der Waals surface area contributed by atoms with E-state index >= 15 is 0 Å². The Labute approximate surface area is 122 Å². The maximum atomic E-state index is 11.4. The van der Waals surface area contributed by atoms with Crippen molar-refractivity contribution in [3.05, 3.63) is 54.1 Å². The second-order valence-electron chi connectivity index (χ2n) is 4.60. The molecule has 0 unspecified atom stereocenters. The predicted molar refractivity (Wildman–Crippen MR) is 79.4 cm³/mol. The van der Waals surface area contributed by atoms with Crippen molar-refractivity contribution in [2.45, 2.75) is 20.1 Å². The molecule has 0 aliphatic rings. The molecule has 0 saturated carbocycles. The maximum Gasteiger partial charge on any atom is 0.164 e. The minimum absolute atomic E-state index is 0.285. The lowest BCUT2D eigenvalue weighted by molar-refractivity contribution is 0.112. The van der Waals surface area contributed by atoms with Crippen molar-refractivity contribution in [3.63, 3.8) is 0 Å². The first-order valence-corrected chi connectivity index (χ1v) is 6.80. The van der Waals surface area contributed by atoms with E-state index in [2.05, 4.69) is 10.1 Å². The molecule has 3 rings (SSSR count). The molecular weight excluding hydrogens is 266 g/mol. The van der Waals surface area contributed by atoms with Gasteiger partial charge < -0.3 is 4.74 Å². The van der Waals surface area contributed by atoms with E-state index in [9.17, 15) is 4.79 Å². The Bertz CT molecular complexity index is 780. The van der Waals surface area contributed by atoms with Crippen LogP contribution in [0.2, 0.25) is 0 Å². The number of aryl methyl sites for hydroxylation is 1. The minimum atomic E-state index is 0.285. The summed E-state index contributed by atoms with van der Waals surface area (Å²) in [7, 11) is 0. The van der Waals surface area contributed by atoms with E-state index in [1.165, 1.54) is 6.33 Å². The third-order valence-corrected chi connectivity index (χ3v) is 3.40. The molecule has 3 aromatic rings. The molecule has 5 heteroatoms. The van der Waals surface area contributed by atoms with Gasteiger partial charge in [0.1, 0.15) is 18.7 Å². The van der Waals surface area contributed by atoms with Crippen LogP contribution in [0.25, 0.3) is 10.8 Å². The van der Waals surface area contributed by atoms with E-state index in [1.807, 2.05) is 43.3 Å².